The molecule has 0 bridgehead atoms. The Labute approximate surface area is 180 Å². The molecule has 0 aliphatic rings. The Hall–Kier alpha value is -1.76. The minimum absolute atomic E-state index is 0.0302. The van der Waals surface area contributed by atoms with E-state index in [0.29, 0.717) is 0 Å². The number of nitrogens with zero attached hydrogens (tertiary/aromatic N) is 1. The van der Waals surface area contributed by atoms with Gasteiger partial charge in [-0.1, -0.05) is 65.8 Å². The van der Waals surface area contributed by atoms with Crippen LogP contribution in [0.3, 0.4) is 0 Å². The molecule has 0 radical (unpaired) electrons. The van der Waals surface area contributed by atoms with Crippen LogP contribution in [0.2, 0.25) is 0 Å². The van der Waals surface area contributed by atoms with Gasteiger partial charge in [0.05, 0.1) is 0 Å². The topological polar surface area (TPSA) is 3.24 Å². The summed E-state index contributed by atoms with van der Waals surface area (Å²) in [5, 5.41) is 0. The van der Waals surface area contributed by atoms with E-state index in [-0.39, 0.29) is 16.4 Å². The number of rotatable bonds is 2. The van der Waals surface area contributed by atoms with Gasteiger partial charge in [0, 0.05) is 16.9 Å². The summed E-state index contributed by atoms with van der Waals surface area (Å²) >= 11 is 0. The van der Waals surface area contributed by atoms with Gasteiger partial charge in [-0.15, -0.1) is 0 Å². The van der Waals surface area contributed by atoms with Gasteiger partial charge in [-0.2, -0.15) is 0 Å². The van der Waals surface area contributed by atoms with Gasteiger partial charge < -0.3 is 4.90 Å². The molecule has 0 saturated heterocycles. The van der Waals surface area contributed by atoms with Crippen LogP contribution in [-0.2, 0) is 10.8 Å². The highest BCUT2D eigenvalue weighted by Gasteiger charge is 2.30. The molecule has 2 rings (SSSR count). The third-order valence-corrected chi connectivity index (χ3v) is 5.83. The lowest BCUT2D eigenvalue weighted by atomic mass is 9.83. The smallest absolute Gasteiger partial charge is 0.0475 e. The molecule has 0 fully saturated rings. The Kier molecular flexibility index (Phi) is 6.07. The van der Waals surface area contributed by atoms with Crippen molar-refractivity contribution in [2.45, 2.75) is 106 Å². The molecular weight excluding hydrogens is 350 g/mol. The third kappa shape index (κ3) is 4.87. The predicted molar refractivity (Wildman–Crippen MR) is 131 cm³/mol. The summed E-state index contributed by atoms with van der Waals surface area (Å²) in [5.74, 6) is 0. The van der Waals surface area contributed by atoms with Crippen LogP contribution in [0.25, 0.3) is 0 Å². The minimum Gasteiger partial charge on any atom is -0.335 e. The average molecular weight is 394 g/mol. The molecule has 2 aromatic carbocycles. The molecule has 0 unspecified atom stereocenters. The Morgan fingerprint density at radius 3 is 0.897 bits per heavy atom. The van der Waals surface area contributed by atoms with E-state index in [4.69, 9.17) is 0 Å². The standard InChI is InChI=1S/C28H43N/c1-18-14-22(26(5,6)7)15-19(2)24(18)29(28(11,12)13)25-20(3)16-23(17-21(25)4)27(8,9)10/h14-17H,1-13H3. The molecule has 2 aromatic rings. The van der Waals surface area contributed by atoms with E-state index in [9.17, 15) is 0 Å². The van der Waals surface area contributed by atoms with E-state index < -0.39 is 0 Å². The number of hydrogen-bond acceptors (Lipinski definition) is 1. The largest absolute Gasteiger partial charge is 0.335 e. The Morgan fingerprint density at radius 1 is 0.483 bits per heavy atom. The second-order valence-corrected chi connectivity index (χ2v) is 11.9. The molecule has 0 atom stereocenters. The lowest BCUT2D eigenvalue weighted by Gasteiger charge is -2.42. The number of aryl methyl sites for hydroxylation is 4. The summed E-state index contributed by atoms with van der Waals surface area (Å²) in [5.41, 5.74) is 11.2. The van der Waals surface area contributed by atoms with Crippen molar-refractivity contribution in [3.05, 3.63) is 57.6 Å². The van der Waals surface area contributed by atoms with Crippen molar-refractivity contribution in [3.63, 3.8) is 0 Å². The molecule has 0 amide bonds. The first kappa shape index (κ1) is 23.5. The molecule has 160 valence electrons. The van der Waals surface area contributed by atoms with E-state index in [2.05, 4.69) is 119 Å². The molecule has 1 heteroatoms. The van der Waals surface area contributed by atoms with Gasteiger partial charge in [-0.25, -0.2) is 0 Å². The Balaban J connectivity index is 2.80. The van der Waals surface area contributed by atoms with Crippen LogP contribution in [0.15, 0.2) is 24.3 Å². The molecule has 1 nitrogen and oxygen atoms in total. The predicted octanol–water partition coefficient (Wildman–Crippen LogP) is 8.45. The Morgan fingerprint density at radius 2 is 0.724 bits per heavy atom. The fraction of sp³-hybridized carbons (Fsp3) is 0.571. The van der Waals surface area contributed by atoms with Gasteiger partial charge in [-0.3, -0.25) is 0 Å². The first-order chi connectivity index (χ1) is 12.9. The molecular formula is C28H43N. The maximum atomic E-state index is 2.57. The van der Waals surface area contributed by atoms with Crippen LogP contribution in [0.1, 0.15) is 95.7 Å². The van der Waals surface area contributed by atoms with Gasteiger partial charge in [0.25, 0.3) is 0 Å². The molecule has 29 heavy (non-hydrogen) atoms. The van der Waals surface area contributed by atoms with Crippen molar-refractivity contribution in [3.8, 4) is 0 Å². The molecule has 0 aliphatic carbocycles. The first-order valence-corrected chi connectivity index (χ1v) is 11.0. The molecule has 0 heterocycles. The van der Waals surface area contributed by atoms with E-state index in [0.717, 1.165) is 0 Å². The quantitative estimate of drug-likeness (QED) is 0.494. The zero-order valence-electron chi connectivity index (χ0n) is 21.3. The van der Waals surface area contributed by atoms with Crippen LogP contribution in [0, 0.1) is 27.7 Å². The fourth-order valence-corrected chi connectivity index (χ4v) is 4.27. The zero-order chi connectivity index (χ0) is 22.5. The summed E-state index contributed by atoms with van der Waals surface area (Å²) in [4.78, 5) is 2.57. The first-order valence-electron chi connectivity index (χ1n) is 11.0. The summed E-state index contributed by atoms with van der Waals surface area (Å²) in [6.07, 6.45) is 0. The highest BCUT2D eigenvalue weighted by Crippen LogP contribution is 2.43. The van der Waals surface area contributed by atoms with Crippen molar-refractivity contribution in [1.29, 1.82) is 0 Å². The molecule has 0 spiro atoms. The summed E-state index contributed by atoms with van der Waals surface area (Å²) in [6, 6.07) is 9.54. The summed E-state index contributed by atoms with van der Waals surface area (Å²) in [6.45, 7) is 29.8. The molecule has 0 N–H and O–H groups in total. The van der Waals surface area contributed by atoms with Crippen molar-refractivity contribution in [1.82, 2.24) is 0 Å². The van der Waals surface area contributed by atoms with Gasteiger partial charge in [-0.05, 0) is 92.7 Å². The number of benzene rings is 2. The maximum absolute atomic E-state index is 2.57. The number of anilines is 2. The fourth-order valence-electron chi connectivity index (χ4n) is 4.27. The van der Waals surface area contributed by atoms with Crippen LogP contribution < -0.4 is 4.90 Å². The molecule has 0 saturated carbocycles. The van der Waals surface area contributed by atoms with Crippen molar-refractivity contribution >= 4 is 11.4 Å². The highest BCUT2D eigenvalue weighted by molar-refractivity contribution is 5.76. The normalized spacial score (nSPS) is 13.0. The Bertz CT molecular complexity index is 780. The summed E-state index contributed by atoms with van der Waals surface area (Å²) in [7, 11) is 0. The highest BCUT2D eigenvalue weighted by atomic mass is 15.2. The van der Waals surface area contributed by atoms with E-state index in [1.54, 1.807) is 0 Å². The molecule has 0 aromatic heterocycles. The van der Waals surface area contributed by atoms with E-state index >= 15 is 0 Å². The van der Waals surface area contributed by atoms with Gasteiger partial charge in [0.2, 0.25) is 0 Å². The van der Waals surface area contributed by atoms with Crippen LogP contribution >= 0.6 is 0 Å². The lowest BCUT2D eigenvalue weighted by Crippen LogP contribution is -2.39. The second kappa shape index (κ2) is 7.49. The van der Waals surface area contributed by atoms with Crippen molar-refractivity contribution in [2.24, 2.45) is 0 Å². The van der Waals surface area contributed by atoms with Gasteiger partial charge in [0.15, 0.2) is 0 Å². The minimum atomic E-state index is -0.0302. The van der Waals surface area contributed by atoms with Crippen molar-refractivity contribution in [2.75, 3.05) is 4.90 Å². The molecule has 0 aliphatic heterocycles. The van der Waals surface area contributed by atoms with Crippen LogP contribution in [0.5, 0.6) is 0 Å². The number of hydrogen-bond donors (Lipinski definition) is 0. The van der Waals surface area contributed by atoms with Gasteiger partial charge >= 0.3 is 0 Å². The average Bonchev–Trinajstić information content (AvgIpc) is 2.48. The van der Waals surface area contributed by atoms with E-state index in [1.165, 1.54) is 44.8 Å². The van der Waals surface area contributed by atoms with Gasteiger partial charge in [0.1, 0.15) is 0 Å². The maximum Gasteiger partial charge on any atom is 0.0475 e. The SMILES string of the molecule is Cc1cc(C(C)(C)C)cc(C)c1N(c1c(C)cc(C(C)(C)C)cc1C)C(C)(C)C. The zero-order valence-corrected chi connectivity index (χ0v) is 21.3. The van der Waals surface area contributed by atoms with E-state index in [1.807, 2.05) is 0 Å². The lowest BCUT2D eigenvalue weighted by molar-refractivity contribution is 0.554. The van der Waals surface area contributed by atoms with Crippen LogP contribution in [-0.4, -0.2) is 5.54 Å². The third-order valence-electron chi connectivity index (χ3n) is 5.83. The van der Waals surface area contributed by atoms with Crippen molar-refractivity contribution < 1.29 is 0 Å². The van der Waals surface area contributed by atoms with Crippen LogP contribution in [0.4, 0.5) is 11.4 Å². The monoisotopic (exact) mass is 393 g/mol. The second-order valence-electron chi connectivity index (χ2n) is 11.9. The summed E-state index contributed by atoms with van der Waals surface area (Å²) < 4.78 is 0.